The molecule has 1 saturated heterocycles. The Morgan fingerprint density at radius 3 is 2.58 bits per heavy atom. The Bertz CT molecular complexity index is 1020. The molecule has 6 nitrogen and oxygen atoms in total. The minimum Gasteiger partial charge on any atom is -0.337 e. The average Bonchev–Trinajstić information content (AvgIpc) is 3.33. The molecule has 3 heterocycles. The van der Waals surface area contributed by atoms with Gasteiger partial charge in [-0.2, -0.15) is 5.10 Å². The summed E-state index contributed by atoms with van der Waals surface area (Å²) in [5.41, 5.74) is 4.46. The highest BCUT2D eigenvalue weighted by Crippen LogP contribution is 2.29. The first-order valence-electron chi connectivity index (χ1n) is 11.2. The number of hydrogen-bond acceptors (Lipinski definition) is 5. The van der Waals surface area contributed by atoms with E-state index < -0.39 is 0 Å². The van der Waals surface area contributed by atoms with Crippen LogP contribution in [0.3, 0.4) is 0 Å². The third kappa shape index (κ3) is 5.05. The van der Waals surface area contributed by atoms with Gasteiger partial charge in [0.15, 0.2) is 0 Å². The molecule has 2 aromatic heterocycles. The maximum Gasteiger partial charge on any atom is 0.265 e. The number of aryl methyl sites for hydroxylation is 3. The van der Waals surface area contributed by atoms with E-state index in [2.05, 4.69) is 54.3 Å². The molecule has 0 radical (unpaired) electrons. The van der Waals surface area contributed by atoms with Crippen LogP contribution in [0.25, 0.3) is 10.6 Å². The van der Waals surface area contributed by atoms with Crippen molar-refractivity contribution in [2.45, 2.75) is 46.7 Å². The van der Waals surface area contributed by atoms with Crippen LogP contribution in [-0.4, -0.2) is 56.7 Å². The van der Waals surface area contributed by atoms with Gasteiger partial charge in [-0.15, -0.1) is 11.3 Å². The first-order valence-corrected chi connectivity index (χ1v) is 12.0. The van der Waals surface area contributed by atoms with Crippen molar-refractivity contribution in [2.24, 2.45) is 0 Å². The van der Waals surface area contributed by atoms with Crippen LogP contribution in [0.15, 0.2) is 36.7 Å². The van der Waals surface area contributed by atoms with Crippen LogP contribution in [0.2, 0.25) is 0 Å². The number of carbonyl (C=O) groups excluding carboxylic acids is 1. The monoisotopic (exact) mass is 437 g/mol. The molecule has 1 amide bonds. The normalized spacial score (nSPS) is 15.3. The first kappa shape index (κ1) is 21.7. The second-order valence-corrected chi connectivity index (χ2v) is 9.11. The van der Waals surface area contributed by atoms with Gasteiger partial charge in [0.25, 0.3) is 5.91 Å². The van der Waals surface area contributed by atoms with Gasteiger partial charge in [-0.05, 0) is 32.3 Å². The zero-order valence-corrected chi connectivity index (χ0v) is 19.5. The predicted octanol–water partition coefficient (Wildman–Crippen LogP) is 4.25. The predicted molar refractivity (Wildman–Crippen MR) is 125 cm³/mol. The van der Waals surface area contributed by atoms with Crippen molar-refractivity contribution in [1.82, 2.24) is 24.6 Å². The van der Waals surface area contributed by atoms with E-state index in [1.54, 1.807) is 0 Å². The lowest BCUT2D eigenvalue weighted by Crippen LogP contribution is -2.35. The Kier molecular flexibility index (Phi) is 6.83. The summed E-state index contributed by atoms with van der Waals surface area (Å²) in [4.78, 5) is 23.2. The van der Waals surface area contributed by atoms with Gasteiger partial charge >= 0.3 is 0 Å². The summed E-state index contributed by atoms with van der Waals surface area (Å²) in [6.07, 6.45) is 6.07. The molecule has 0 spiro atoms. The van der Waals surface area contributed by atoms with Crippen molar-refractivity contribution in [3.8, 4) is 10.6 Å². The number of amides is 1. The molecule has 1 aliphatic rings. The molecule has 0 atom stereocenters. The zero-order valence-electron chi connectivity index (χ0n) is 18.7. The Hall–Kier alpha value is -2.51. The molecule has 1 fully saturated rings. The molecule has 0 saturated carbocycles. The van der Waals surface area contributed by atoms with Crippen LogP contribution < -0.4 is 0 Å². The lowest BCUT2D eigenvalue weighted by Gasteiger charge is -2.21. The Balaban J connectivity index is 1.41. The van der Waals surface area contributed by atoms with E-state index in [-0.39, 0.29) is 5.91 Å². The summed E-state index contributed by atoms with van der Waals surface area (Å²) in [5, 5.41) is 5.30. The van der Waals surface area contributed by atoms with E-state index in [0.29, 0.717) is 0 Å². The molecule has 1 aliphatic heterocycles. The number of aromatic nitrogens is 3. The molecule has 0 unspecified atom stereocenters. The van der Waals surface area contributed by atoms with Crippen LogP contribution >= 0.6 is 11.3 Å². The third-order valence-corrected chi connectivity index (χ3v) is 7.09. The quantitative estimate of drug-likeness (QED) is 0.579. The largest absolute Gasteiger partial charge is 0.337 e. The van der Waals surface area contributed by atoms with Gasteiger partial charge in [-0.3, -0.25) is 14.4 Å². The minimum absolute atomic E-state index is 0.118. The summed E-state index contributed by atoms with van der Waals surface area (Å²) in [6, 6.07) is 8.49. The number of nitrogens with zero attached hydrogens (tertiary/aromatic N) is 5. The van der Waals surface area contributed by atoms with Gasteiger partial charge in [-0.25, -0.2) is 4.98 Å². The van der Waals surface area contributed by atoms with Gasteiger partial charge in [-0.1, -0.05) is 31.2 Å². The van der Waals surface area contributed by atoms with E-state index in [0.717, 1.165) is 73.3 Å². The van der Waals surface area contributed by atoms with Crippen LogP contribution in [-0.2, 0) is 19.5 Å². The molecule has 164 valence electrons. The highest BCUT2D eigenvalue weighted by atomic mass is 32.1. The van der Waals surface area contributed by atoms with Crippen molar-refractivity contribution in [1.29, 1.82) is 0 Å². The molecule has 4 rings (SSSR count). The molecule has 1 aromatic carbocycles. The first-order chi connectivity index (χ1) is 15.1. The average molecular weight is 438 g/mol. The van der Waals surface area contributed by atoms with Gasteiger partial charge in [0, 0.05) is 56.6 Å². The van der Waals surface area contributed by atoms with E-state index in [1.165, 1.54) is 22.5 Å². The highest BCUT2D eigenvalue weighted by Gasteiger charge is 2.24. The van der Waals surface area contributed by atoms with Gasteiger partial charge in [0.1, 0.15) is 9.88 Å². The fourth-order valence-electron chi connectivity index (χ4n) is 4.00. The number of hydrogen-bond donors (Lipinski definition) is 0. The second-order valence-electron chi connectivity index (χ2n) is 8.11. The number of thiazole rings is 1. The van der Waals surface area contributed by atoms with Crippen LogP contribution in [0.4, 0.5) is 0 Å². The highest BCUT2D eigenvalue weighted by molar-refractivity contribution is 7.17. The number of rotatable bonds is 6. The molecule has 7 heteroatoms. The smallest absolute Gasteiger partial charge is 0.265 e. The zero-order chi connectivity index (χ0) is 21.8. The molecule has 0 N–H and O–H groups in total. The Labute approximate surface area is 188 Å². The van der Waals surface area contributed by atoms with Crippen molar-refractivity contribution >= 4 is 17.2 Å². The van der Waals surface area contributed by atoms with E-state index in [1.807, 2.05) is 22.7 Å². The van der Waals surface area contributed by atoms with E-state index in [9.17, 15) is 4.79 Å². The Morgan fingerprint density at radius 2 is 1.87 bits per heavy atom. The maximum atomic E-state index is 13.3. The van der Waals surface area contributed by atoms with Gasteiger partial charge < -0.3 is 4.90 Å². The van der Waals surface area contributed by atoms with E-state index in [4.69, 9.17) is 4.98 Å². The molecule has 31 heavy (non-hydrogen) atoms. The van der Waals surface area contributed by atoms with Crippen molar-refractivity contribution in [3.05, 3.63) is 58.4 Å². The van der Waals surface area contributed by atoms with Gasteiger partial charge in [0.05, 0.1) is 11.9 Å². The van der Waals surface area contributed by atoms with Gasteiger partial charge in [0.2, 0.25) is 0 Å². The summed E-state index contributed by atoms with van der Waals surface area (Å²) in [7, 11) is 0. The van der Waals surface area contributed by atoms with Crippen LogP contribution in [0.1, 0.15) is 46.8 Å². The SMILES string of the molecule is CCc1ccc(-c2nc(C)c(C(=O)N3CCCN(Cc4cnn(CC)c4)CC3)s2)cc1. The number of benzene rings is 1. The third-order valence-electron chi connectivity index (χ3n) is 5.89. The van der Waals surface area contributed by atoms with Crippen molar-refractivity contribution in [2.75, 3.05) is 26.2 Å². The summed E-state index contributed by atoms with van der Waals surface area (Å²) in [5.74, 6) is 0.118. The molecule has 0 bridgehead atoms. The standard InChI is InChI=1S/C24H31N5OS/c1-4-19-7-9-21(10-8-19)23-26-18(3)22(31-23)24(30)28-12-6-11-27(13-14-28)16-20-15-25-29(5-2)17-20/h7-10,15,17H,4-6,11-14,16H2,1-3H3. The maximum absolute atomic E-state index is 13.3. The summed E-state index contributed by atoms with van der Waals surface area (Å²) in [6.45, 7) is 11.4. The number of carbonyl (C=O) groups is 1. The molecular formula is C24H31N5OS. The molecule has 0 aliphatic carbocycles. The van der Waals surface area contributed by atoms with Crippen molar-refractivity contribution in [3.63, 3.8) is 0 Å². The van der Waals surface area contributed by atoms with E-state index >= 15 is 0 Å². The Morgan fingerprint density at radius 1 is 1.06 bits per heavy atom. The topological polar surface area (TPSA) is 54.3 Å². The fourth-order valence-corrected chi connectivity index (χ4v) is 5.04. The molecule has 3 aromatic rings. The fraction of sp³-hybridized carbons (Fsp3) is 0.458. The van der Waals surface area contributed by atoms with Crippen LogP contribution in [0.5, 0.6) is 0 Å². The van der Waals surface area contributed by atoms with Crippen LogP contribution in [0, 0.1) is 6.92 Å². The summed E-state index contributed by atoms with van der Waals surface area (Å²) >= 11 is 1.52. The summed E-state index contributed by atoms with van der Waals surface area (Å²) < 4.78 is 1.96. The van der Waals surface area contributed by atoms with Crippen molar-refractivity contribution < 1.29 is 4.79 Å². The second kappa shape index (κ2) is 9.75. The minimum atomic E-state index is 0.118. The lowest BCUT2D eigenvalue weighted by atomic mass is 10.1. The lowest BCUT2D eigenvalue weighted by molar-refractivity contribution is 0.0765. The molecular weight excluding hydrogens is 406 g/mol.